The van der Waals surface area contributed by atoms with Gasteiger partial charge >= 0.3 is 0 Å². The molecule has 1 radical (unpaired) electrons. The SMILES string of the molecule is CC(C)C(C)(I)[CH]I. The minimum Gasteiger partial charge on any atom is -0.0800 e. The van der Waals surface area contributed by atoms with Crippen molar-refractivity contribution < 1.29 is 0 Å². The van der Waals surface area contributed by atoms with E-state index in [-0.39, 0.29) is 0 Å². The number of hydrogen-bond donors (Lipinski definition) is 0. The van der Waals surface area contributed by atoms with Crippen molar-refractivity contribution in [3.8, 4) is 0 Å². The summed E-state index contributed by atoms with van der Waals surface area (Å²) in [6.07, 6.45) is 0. The number of rotatable bonds is 2. The van der Waals surface area contributed by atoms with Crippen LogP contribution in [0.1, 0.15) is 20.8 Å². The van der Waals surface area contributed by atoms with Gasteiger partial charge in [-0.2, -0.15) is 0 Å². The summed E-state index contributed by atoms with van der Waals surface area (Å²) in [7, 11) is 0. The maximum atomic E-state index is 2.47. The molecule has 0 heterocycles. The Bertz CT molecular complexity index is 66.9. The molecule has 8 heavy (non-hydrogen) atoms. The first-order valence-corrected chi connectivity index (χ1v) is 4.96. The van der Waals surface area contributed by atoms with E-state index in [1.54, 1.807) is 0 Å². The topological polar surface area (TPSA) is 0 Å². The van der Waals surface area contributed by atoms with Crippen molar-refractivity contribution in [3.05, 3.63) is 4.43 Å². The highest BCUT2D eigenvalue weighted by Crippen LogP contribution is 2.32. The van der Waals surface area contributed by atoms with E-state index in [0.717, 1.165) is 5.92 Å². The quantitative estimate of drug-likeness (QED) is 0.535. The van der Waals surface area contributed by atoms with Crippen molar-refractivity contribution in [1.29, 1.82) is 0 Å². The van der Waals surface area contributed by atoms with Crippen LogP contribution in [0.4, 0.5) is 0 Å². The lowest BCUT2D eigenvalue weighted by Gasteiger charge is -2.23. The predicted octanol–water partition coefficient (Wildman–Crippen LogP) is 3.43. The second-order valence-electron chi connectivity index (χ2n) is 2.42. The normalized spacial score (nSPS) is 18.8. The van der Waals surface area contributed by atoms with Gasteiger partial charge in [-0.3, -0.25) is 0 Å². The van der Waals surface area contributed by atoms with E-state index in [9.17, 15) is 0 Å². The summed E-state index contributed by atoms with van der Waals surface area (Å²) in [5, 5.41) is 0. The Morgan fingerprint density at radius 2 is 1.88 bits per heavy atom. The molecule has 0 rings (SSSR count). The zero-order chi connectivity index (χ0) is 6.78. The van der Waals surface area contributed by atoms with Crippen LogP contribution in [-0.2, 0) is 0 Å². The average molecular weight is 337 g/mol. The van der Waals surface area contributed by atoms with Crippen LogP contribution in [0, 0.1) is 10.3 Å². The van der Waals surface area contributed by atoms with Crippen LogP contribution in [-0.4, -0.2) is 3.42 Å². The molecule has 0 aromatic rings. The maximum absolute atomic E-state index is 2.47. The Morgan fingerprint density at radius 3 is 1.88 bits per heavy atom. The molecule has 0 saturated heterocycles. The van der Waals surface area contributed by atoms with Crippen molar-refractivity contribution in [2.24, 2.45) is 5.92 Å². The molecule has 2 heteroatoms. The molecule has 0 nitrogen and oxygen atoms in total. The van der Waals surface area contributed by atoms with Crippen molar-refractivity contribution in [3.63, 3.8) is 0 Å². The van der Waals surface area contributed by atoms with Gasteiger partial charge in [0.05, 0.1) is 0 Å². The molecule has 1 atom stereocenters. The highest BCUT2D eigenvalue weighted by molar-refractivity contribution is 14.1. The van der Waals surface area contributed by atoms with Gasteiger partial charge in [-0.25, -0.2) is 0 Å². The summed E-state index contributed by atoms with van der Waals surface area (Å²) in [5.41, 5.74) is 0. The van der Waals surface area contributed by atoms with E-state index in [4.69, 9.17) is 0 Å². The standard InChI is InChI=1S/C6H11I2/c1-5(2)6(3,8)4-7/h4-5H,1-3H3. The predicted molar refractivity (Wildman–Crippen MR) is 55.6 cm³/mol. The van der Waals surface area contributed by atoms with Crippen molar-refractivity contribution in [2.75, 3.05) is 0 Å². The highest BCUT2D eigenvalue weighted by atomic mass is 127. The summed E-state index contributed by atoms with van der Waals surface area (Å²) < 4.78 is 2.59. The third-order valence-corrected chi connectivity index (χ3v) is 5.38. The molecule has 0 aliphatic heterocycles. The minimum atomic E-state index is 0.373. The van der Waals surface area contributed by atoms with E-state index in [1.807, 2.05) is 0 Å². The zero-order valence-corrected chi connectivity index (χ0v) is 9.73. The molecular formula is C6H11I2. The van der Waals surface area contributed by atoms with Gasteiger partial charge in [0.25, 0.3) is 0 Å². The summed E-state index contributed by atoms with van der Waals surface area (Å²) >= 11 is 4.78. The third-order valence-electron chi connectivity index (χ3n) is 1.34. The van der Waals surface area contributed by atoms with Crippen molar-refractivity contribution >= 4 is 45.2 Å². The van der Waals surface area contributed by atoms with Crippen molar-refractivity contribution in [1.82, 2.24) is 0 Å². The zero-order valence-electron chi connectivity index (χ0n) is 5.41. The Hall–Kier alpha value is 1.46. The Kier molecular flexibility index (Phi) is 4.24. The summed E-state index contributed by atoms with van der Waals surface area (Å²) in [6, 6.07) is 0. The molecule has 0 fully saturated rings. The van der Waals surface area contributed by atoms with Gasteiger partial charge in [-0.15, -0.1) is 0 Å². The largest absolute Gasteiger partial charge is 0.0800 e. The van der Waals surface area contributed by atoms with E-state index in [2.05, 4.69) is 70.4 Å². The smallest absolute Gasteiger partial charge is 0.0386 e. The molecule has 1 unspecified atom stereocenters. The summed E-state index contributed by atoms with van der Waals surface area (Å²) in [5.74, 6) is 0.736. The molecule has 0 N–H and O–H groups in total. The van der Waals surface area contributed by atoms with Gasteiger partial charge in [0.15, 0.2) is 0 Å². The first-order valence-electron chi connectivity index (χ1n) is 2.64. The lowest BCUT2D eigenvalue weighted by molar-refractivity contribution is 0.565. The summed E-state index contributed by atoms with van der Waals surface area (Å²) in [4.78, 5) is 0. The summed E-state index contributed by atoms with van der Waals surface area (Å²) in [6.45, 7) is 6.72. The number of halogens is 2. The van der Waals surface area contributed by atoms with E-state index in [1.165, 1.54) is 0 Å². The fourth-order valence-corrected chi connectivity index (χ4v) is 0.845. The van der Waals surface area contributed by atoms with Gasteiger partial charge in [-0.1, -0.05) is 59.0 Å². The second kappa shape index (κ2) is 3.58. The molecule has 0 saturated carbocycles. The molecule has 0 aromatic carbocycles. The molecule has 0 aliphatic carbocycles. The molecule has 0 aromatic heterocycles. The fraction of sp³-hybridized carbons (Fsp3) is 0.833. The molecular weight excluding hydrogens is 326 g/mol. The van der Waals surface area contributed by atoms with Gasteiger partial charge in [-0.05, 0) is 12.8 Å². The first kappa shape index (κ1) is 9.46. The van der Waals surface area contributed by atoms with Crippen LogP contribution in [0.3, 0.4) is 0 Å². The number of alkyl halides is 1. The molecule has 0 aliphatic rings. The first-order chi connectivity index (χ1) is 3.50. The molecule has 0 amide bonds. The van der Waals surface area contributed by atoms with Crippen LogP contribution in [0.5, 0.6) is 0 Å². The van der Waals surface area contributed by atoms with Crippen LogP contribution in [0.2, 0.25) is 0 Å². The highest BCUT2D eigenvalue weighted by Gasteiger charge is 2.22. The fourth-order valence-electron chi connectivity index (χ4n) is 0.126. The van der Waals surface area contributed by atoms with Gasteiger partial charge in [0, 0.05) is 7.85 Å². The third kappa shape index (κ3) is 2.85. The minimum absolute atomic E-state index is 0.373. The Labute approximate surface area is 79.1 Å². The lowest BCUT2D eigenvalue weighted by Crippen LogP contribution is -2.20. The van der Waals surface area contributed by atoms with Crippen LogP contribution < -0.4 is 0 Å². The monoisotopic (exact) mass is 337 g/mol. The molecule has 0 spiro atoms. The van der Waals surface area contributed by atoms with E-state index < -0.39 is 0 Å². The van der Waals surface area contributed by atoms with Gasteiger partial charge < -0.3 is 0 Å². The molecule has 49 valence electrons. The van der Waals surface area contributed by atoms with Crippen LogP contribution >= 0.6 is 45.2 Å². The Balaban J connectivity index is 3.71. The second-order valence-corrected chi connectivity index (χ2v) is 5.36. The van der Waals surface area contributed by atoms with E-state index in [0.29, 0.717) is 3.42 Å². The van der Waals surface area contributed by atoms with Crippen LogP contribution in [0.25, 0.3) is 0 Å². The lowest BCUT2D eigenvalue weighted by atomic mass is 10.0. The van der Waals surface area contributed by atoms with Crippen molar-refractivity contribution in [2.45, 2.75) is 24.2 Å². The van der Waals surface area contributed by atoms with Gasteiger partial charge in [0.1, 0.15) is 0 Å². The number of hydrogen-bond acceptors (Lipinski definition) is 0. The Morgan fingerprint density at radius 1 is 1.50 bits per heavy atom. The average Bonchev–Trinajstić information content (AvgIpc) is 1.67. The molecule has 0 bridgehead atoms. The maximum Gasteiger partial charge on any atom is 0.0386 e. The van der Waals surface area contributed by atoms with Crippen LogP contribution in [0.15, 0.2) is 0 Å². The van der Waals surface area contributed by atoms with E-state index >= 15 is 0 Å². The van der Waals surface area contributed by atoms with Gasteiger partial charge in [0.2, 0.25) is 0 Å².